The third-order valence-electron chi connectivity index (χ3n) is 5.08. The zero-order valence-electron chi connectivity index (χ0n) is 17.0. The number of nitrogens with one attached hydrogen (secondary N) is 2. The van der Waals surface area contributed by atoms with E-state index in [0.717, 1.165) is 61.9 Å². The molecule has 8 heteroatoms. The second kappa shape index (κ2) is 10.6. The van der Waals surface area contributed by atoms with Crippen LogP contribution in [0.5, 0.6) is 0 Å². The van der Waals surface area contributed by atoms with Crippen LogP contribution in [0.4, 0.5) is 8.78 Å². The van der Waals surface area contributed by atoms with E-state index < -0.39 is 11.6 Å². The van der Waals surface area contributed by atoms with Crippen LogP contribution in [0.3, 0.4) is 0 Å². The molecule has 0 unspecified atom stereocenters. The first-order chi connectivity index (χ1) is 14.0. The van der Waals surface area contributed by atoms with Crippen LogP contribution in [-0.4, -0.2) is 42.0 Å². The van der Waals surface area contributed by atoms with Gasteiger partial charge >= 0.3 is 0 Å². The summed E-state index contributed by atoms with van der Waals surface area (Å²) in [6.45, 7) is 8.70. The standard InChI is InChI=1S/C21H29F2N5S/c1-3-24-21(26-12-17-10-18(22)4-5-20(17)23)25-11-16-6-8-28(9-7-16)13-19-14-29-15(2)27-19/h4-5,10,14,16H,3,6-9,11-13H2,1-2H3,(H2,24,25,26). The molecule has 0 aliphatic carbocycles. The number of thiazole rings is 1. The van der Waals surface area contributed by atoms with Crippen molar-refractivity contribution in [2.45, 2.75) is 39.8 Å². The molecule has 29 heavy (non-hydrogen) atoms. The van der Waals surface area contributed by atoms with Gasteiger partial charge in [0, 0.05) is 30.6 Å². The molecular formula is C21H29F2N5S. The monoisotopic (exact) mass is 421 g/mol. The highest BCUT2D eigenvalue weighted by Crippen LogP contribution is 2.19. The summed E-state index contributed by atoms with van der Waals surface area (Å²) >= 11 is 1.70. The molecule has 0 saturated carbocycles. The molecule has 1 aliphatic rings. The molecule has 5 nitrogen and oxygen atoms in total. The Hall–Kier alpha value is -2.06. The third-order valence-corrected chi connectivity index (χ3v) is 5.90. The van der Waals surface area contributed by atoms with Crippen molar-refractivity contribution in [3.63, 3.8) is 0 Å². The Morgan fingerprint density at radius 3 is 2.76 bits per heavy atom. The molecule has 3 rings (SSSR count). The minimum Gasteiger partial charge on any atom is -0.357 e. The molecule has 0 atom stereocenters. The van der Waals surface area contributed by atoms with Crippen LogP contribution in [0.2, 0.25) is 0 Å². The molecule has 0 bridgehead atoms. The number of rotatable bonds is 7. The Morgan fingerprint density at radius 1 is 1.28 bits per heavy atom. The van der Waals surface area contributed by atoms with Crippen molar-refractivity contribution in [2.75, 3.05) is 26.2 Å². The summed E-state index contributed by atoms with van der Waals surface area (Å²) in [5.74, 6) is 0.317. The van der Waals surface area contributed by atoms with E-state index in [1.165, 1.54) is 6.07 Å². The van der Waals surface area contributed by atoms with Crippen molar-refractivity contribution in [1.29, 1.82) is 0 Å². The van der Waals surface area contributed by atoms with Crippen molar-refractivity contribution >= 4 is 17.3 Å². The first-order valence-corrected chi connectivity index (χ1v) is 11.0. The van der Waals surface area contributed by atoms with E-state index in [0.29, 0.717) is 18.4 Å². The Kier molecular flexibility index (Phi) is 7.94. The molecule has 1 fully saturated rings. The van der Waals surface area contributed by atoms with E-state index in [4.69, 9.17) is 0 Å². The van der Waals surface area contributed by atoms with Crippen LogP contribution in [0, 0.1) is 24.5 Å². The van der Waals surface area contributed by atoms with E-state index in [1.807, 2.05) is 13.8 Å². The first kappa shape index (κ1) is 21.6. The molecule has 0 radical (unpaired) electrons. The zero-order chi connectivity index (χ0) is 20.6. The van der Waals surface area contributed by atoms with Gasteiger partial charge in [0.15, 0.2) is 5.96 Å². The lowest BCUT2D eigenvalue weighted by Crippen LogP contribution is -2.42. The van der Waals surface area contributed by atoms with Gasteiger partial charge in [-0.25, -0.2) is 18.8 Å². The minimum absolute atomic E-state index is 0.102. The van der Waals surface area contributed by atoms with E-state index in [1.54, 1.807) is 11.3 Å². The maximum atomic E-state index is 13.8. The molecule has 2 heterocycles. The predicted molar refractivity (Wildman–Crippen MR) is 114 cm³/mol. The van der Waals surface area contributed by atoms with Gasteiger partial charge in [0.25, 0.3) is 0 Å². The van der Waals surface area contributed by atoms with Crippen molar-refractivity contribution in [2.24, 2.45) is 10.9 Å². The lowest BCUT2D eigenvalue weighted by atomic mass is 9.97. The van der Waals surface area contributed by atoms with Gasteiger partial charge in [-0.1, -0.05) is 0 Å². The minimum atomic E-state index is -0.450. The largest absolute Gasteiger partial charge is 0.357 e. The Labute approximate surface area is 175 Å². The summed E-state index contributed by atoms with van der Waals surface area (Å²) in [6.07, 6.45) is 2.24. The number of guanidine groups is 1. The fraction of sp³-hybridized carbons (Fsp3) is 0.524. The van der Waals surface area contributed by atoms with Gasteiger partial charge in [0.05, 0.1) is 17.2 Å². The Bertz CT molecular complexity index is 815. The number of aromatic nitrogens is 1. The smallest absolute Gasteiger partial charge is 0.191 e. The maximum absolute atomic E-state index is 13.8. The van der Waals surface area contributed by atoms with Crippen LogP contribution in [0.1, 0.15) is 36.0 Å². The topological polar surface area (TPSA) is 52.6 Å². The highest BCUT2D eigenvalue weighted by atomic mass is 32.1. The van der Waals surface area contributed by atoms with E-state index in [-0.39, 0.29) is 12.1 Å². The molecular weight excluding hydrogens is 392 g/mol. The molecule has 1 saturated heterocycles. The molecule has 0 amide bonds. The Balaban J connectivity index is 1.46. The number of aryl methyl sites for hydroxylation is 1. The number of likely N-dealkylation sites (tertiary alicyclic amines) is 1. The summed E-state index contributed by atoms with van der Waals surface area (Å²) in [5.41, 5.74) is 1.42. The fourth-order valence-electron chi connectivity index (χ4n) is 3.47. The van der Waals surface area contributed by atoms with E-state index in [2.05, 4.69) is 30.9 Å². The van der Waals surface area contributed by atoms with Crippen LogP contribution in [-0.2, 0) is 13.1 Å². The number of halogens is 2. The van der Waals surface area contributed by atoms with Gasteiger partial charge < -0.3 is 10.6 Å². The van der Waals surface area contributed by atoms with Crippen LogP contribution < -0.4 is 10.6 Å². The average molecular weight is 422 g/mol. The van der Waals surface area contributed by atoms with Gasteiger partial charge in [-0.15, -0.1) is 11.3 Å². The van der Waals surface area contributed by atoms with Crippen LogP contribution >= 0.6 is 11.3 Å². The number of nitrogens with zero attached hydrogens (tertiary/aromatic N) is 3. The summed E-state index contributed by atoms with van der Waals surface area (Å²) in [4.78, 5) is 11.4. The average Bonchev–Trinajstić information content (AvgIpc) is 3.12. The van der Waals surface area contributed by atoms with Gasteiger partial charge in [-0.05, 0) is 63.9 Å². The fourth-order valence-corrected chi connectivity index (χ4v) is 4.07. The van der Waals surface area contributed by atoms with Gasteiger partial charge in [0.2, 0.25) is 0 Å². The lowest BCUT2D eigenvalue weighted by molar-refractivity contribution is 0.176. The number of piperidine rings is 1. The molecule has 1 aliphatic heterocycles. The Morgan fingerprint density at radius 2 is 2.07 bits per heavy atom. The third kappa shape index (κ3) is 6.75. The van der Waals surface area contributed by atoms with Crippen LogP contribution in [0.15, 0.2) is 28.6 Å². The number of aliphatic imine (C=N–C) groups is 1. The van der Waals surface area contributed by atoms with E-state index in [9.17, 15) is 8.78 Å². The number of benzene rings is 1. The first-order valence-electron chi connectivity index (χ1n) is 10.1. The van der Waals surface area contributed by atoms with Crippen molar-refractivity contribution in [3.05, 3.63) is 51.5 Å². The van der Waals surface area contributed by atoms with Gasteiger partial charge in [-0.2, -0.15) is 0 Å². The molecule has 158 valence electrons. The van der Waals surface area contributed by atoms with E-state index >= 15 is 0 Å². The van der Waals surface area contributed by atoms with Crippen molar-refractivity contribution in [1.82, 2.24) is 20.5 Å². The maximum Gasteiger partial charge on any atom is 0.191 e. The lowest BCUT2D eigenvalue weighted by Gasteiger charge is -2.31. The second-order valence-corrected chi connectivity index (χ2v) is 8.45. The zero-order valence-corrected chi connectivity index (χ0v) is 17.9. The summed E-state index contributed by atoms with van der Waals surface area (Å²) < 4.78 is 27.1. The SMILES string of the molecule is CCNC(=NCc1cc(F)ccc1F)NCC1CCN(Cc2csc(C)n2)CC1. The van der Waals surface area contributed by atoms with Gasteiger partial charge in [0.1, 0.15) is 11.6 Å². The number of hydrogen-bond donors (Lipinski definition) is 2. The molecule has 1 aromatic heterocycles. The summed E-state index contributed by atoms with van der Waals surface area (Å²) in [6, 6.07) is 3.46. The number of hydrogen-bond acceptors (Lipinski definition) is 4. The second-order valence-electron chi connectivity index (χ2n) is 7.39. The highest BCUT2D eigenvalue weighted by molar-refractivity contribution is 7.09. The van der Waals surface area contributed by atoms with Crippen LogP contribution in [0.25, 0.3) is 0 Å². The molecule has 1 aromatic carbocycles. The highest BCUT2D eigenvalue weighted by Gasteiger charge is 2.20. The van der Waals surface area contributed by atoms with Crippen molar-refractivity contribution in [3.8, 4) is 0 Å². The summed E-state index contributed by atoms with van der Waals surface area (Å²) in [7, 11) is 0. The molecule has 2 N–H and O–H groups in total. The summed E-state index contributed by atoms with van der Waals surface area (Å²) in [5, 5.41) is 9.79. The molecule has 2 aromatic rings. The van der Waals surface area contributed by atoms with Crippen molar-refractivity contribution < 1.29 is 8.78 Å². The normalized spacial score (nSPS) is 16.2. The predicted octanol–water partition coefficient (Wildman–Crippen LogP) is 3.70. The quantitative estimate of drug-likeness (QED) is 0.529. The molecule has 0 spiro atoms. The van der Waals surface area contributed by atoms with Gasteiger partial charge in [-0.3, -0.25) is 4.90 Å².